The van der Waals surface area contributed by atoms with Gasteiger partial charge in [-0.05, 0) is 31.0 Å². The van der Waals surface area contributed by atoms with E-state index in [0.717, 1.165) is 11.3 Å². The third-order valence-corrected chi connectivity index (χ3v) is 2.44. The number of nitrogens with two attached hydrogens (primary N) is 1. The highest BCUT2D eigenvalue weighted by molar-refractivity contribution is 5.45. The van der Waals surface area contributed by atoms with Gasteiger partial charge in [0.05, 0.1) is 6.04 Å². The fraction of sp³-hybridized carbons (Fsp3) is 0.400. The minimum atomic E-state index is 0.0688. The summed E-state index contributed by atoms with van der Waals surface area (Å²) in [6.45, 7) is 4.81. The van der Waals surface area contributed by atoms with Gasteiger partial charge < -0.3 is 10.5 Å². The van der Waals surface area contributed by atoms with E-state index in [1.54, 1.807) is 0 Å². The molecule has 0 fully saturated rings. The fourth-order valence-corrected chi connectivity index (χ4v) is 1.50. The van der Waals surface area contributed by atoms with Gasteiger partial charge in [0.2, 0.25) is 0 Å². The van der Waals surface area contributed by atoms with E-state index >= 15 is 0 Å². The molecule has 2 N–H and O–H groups in total. The van der Waals surface area contributed by atoms with E-state index in [1.165, 1.54) is 11.1 Å². The topological polar surface area (TPSA) is 35.2 Å². The number of hydrogen-bond acceptors (Lipinski definition) is 2. The molecule has 0 saturated carbocycles. The zero-order valence-corrected chi connectivity index (χ0v) is 7.42. The van der Waals surface area contributed by atoms with Gasteiger partial charge in [0.1, 0.15) is 12.4 Å². The van der Waals surface area contributed by atoms with Crippen molar-refractivity contribution in [3.05, 3.63) is 28.8 Å². The molecule has 0 aromatic heterocycles. The highest BCUT2D eigenvalue weighted by Crippen LogP contribution is 2.32. The standard InChI is InChI=1S/C10H13NO/c1-6-3-8-9(11)5-12-10(8)4-7(6)2/h3-4,9H,5,11H2,1-2H3. The first-order valence-corrected chi connectivity index (χ1v) is 4.18. The molecule has 64 valence electrons. The maximum Gasteiger partial charge on any atom is 0.124 e. The Balaban J connectivity index is 2.56. The molecule has 2 heteroatoms. The molecule has 0 bridgehead atoms. The van der Waals surface area contributed by atoms with E-state index < -0.39 is 0 Å². The van der Waals surface area contributed by atoms with Crippen LogP contribution in [-0.4, -0.2) is 6.61 Å². The second-order valence-electron chi connectivity index (χ2n) is 3.39. The summed E-state index contributed by atoms with van der Waals surface area (Å²) in [5, 5.41) is 0. The van der Waals surface area contributed by atoms with Crippen LogP contribution in [0.2, 0.25) is 0 Å². The Kier molecular flexibility index (Phi) is 1.58. The Hall–Kier alpha value is -1.02. The van der Waals surface area contributed by atoms with Crippen molar-refractivity contribution in [1.29, 1.82) is 0 Å². The second-order valence-corrected chi connectivity index (χ2v) is 3.39. The summed E-state index contributed by atoms with van der Waals surface area (Å²) in [5.41, 5.74) is 9.54. The maximum atomic E-state index is 5.84. The molecule has 12 heavy (non-hydrogen) atoms. The van der Waals surface area contributed by atoms with E-state index in [4.69, 9.17) is 10.5 Å². The molecule has 2 nitrogen and oxygen atoms in total. The van der Waals surface area contributed by atoms with Crippen LogP contribution in [0.5, 0.6) is 5.75 Å². The summed E-state index contributed by atoms with van der Waals surface area (Å²) in [5.74, 6) is 0.964. The molecule has 0 saturated heterocycles. The first-order chi connectivity index (χ1) is 5.68. The second kappa shape index (κ2) is 2.49. The predicted octanol–water partition coefficient (Wildman–Crippen LogP) is 1.70. The average molecular weight is 163 g/mol. The van der Waals surface area contributed by atoms with Gasteiger partial charge in [-0.3, -0.25) is 0 Å². The Bertz CT molecular complexity index is 320. The van der Waals surface area contributed by atoms with Crippen molar-refractivity contribution in [1.82, 2.24) is 0 Å². The van der Waals surface area contributed by atoms with E-state index in [9.17, 15) is 0 Å². The van der Waals surface area contributed by atoms with Gasteiger partial charge in [-0.25, -0.2) is 0 Å². The SMILES string of the molecule is Cc1cc2c(cc1C)C(N)CO2. The Morgan fingerprint density at radius 2 is 2.00 bits per heavy atom. The molecule has 0 amide bonds. The van der Waals surface area contributed by atoms with Crippen molar-refractivity contribution < 1.29 is 4.74 Å². The highest BCUT2D eigenvalue weighted by atomic mass is 16.5. The summed E-state index contributed by atoms with van der Waals surface area (Å²) in [6.07, 6.45) is 0. The van der Waals surface area contributed by atoms with Crippen molar-refractivity contribution in [2.75, 3.05) is 6.61 Å². The molecule has 1 atom stereocenters. The quantitative estimate of drug-likeness (QED) is 0.631. The van der Waals surface area contributed by atoms with Crippen LogP contribution in [0.1, 0.15) is 22.7 Å². The van der Waals surface area contributed by atoms with Gasteiger partial charge >= 0.3 is 0 Å². The van der Waals surface area contributed by atoms with Crippen LogP contribution in [0.25, 0.3) is 0 Å². The molecule has 2 rings (SSSR count). The smallest absolute Gasteiger partial charge is 0.124 e. The summed E-state index contributed by atoms with van der Waals surface area (Å²) >= 11 is 0. The van der Waals surface area contributed by atoms with Crippen molar-refractivity contribution >= 4 is 0 Å². The lowest BCUT2D eigenvalue weighted by molar-refractivity contribution is 0.333. The van der Waals surface area contributed by atoms with Crippen LogP contribution in [0.15, 0.2) is 12.1 Å². The van der Waals surface area contributed by atoms with Crippen LogP contribution in [-0.2, 0) is 0 Å². The first kappa shape index (κ1) is 7.62. The van der Waals surface area contributed by atoms with E-state index in [0.29, 0.717) is 6.61 Å². The summed E-state index contributed by atoms with van der Waals surface area (Å²) in [4.78, 5) is 0. The van der Waals surface area contributed by atoms with Crippen LogP contribution < -0.4 is 10.5 Å². The lowest BCUT2D eigenvalue weighted by Crippen LogP contribution is -2.10. The lowest BCUT2D eigenvalue weighted by Gasteiger charge is -2.04. The van der Waals surface area contributed by atoms with Crippen LogP contribution in [0.3, 0.4) is 0 Å². The number of fused-ring (bicyclic) bond motifs is 1. The number of benzene rings is 1. The van der Waals surface area contributed by atoms with Crippen molar-refractivity contribution in [3.63, 3.8) is 0 Å². The van der Waals surface area contributed by atoms with E-state index in [2.05, 4.69) is 26.0 Å². The van der Waals surface area contributed by atoms with Gasteiger partial charge in [0.15, 0.2) is 0 Å². The third-order valence-electron chi connectivity index (χ3n) is 2.44. The molecule has 0 aliphatic carbocycles. The van der Waals surface area contributed by atoms with E-state index in [-0.39, 0.29) is 6.04 Å². The predicted molar refractivity (Wildman–Crippen MR) is 48.3 cm³/mol. The van der Waals surface area contributed by atoms with Crippen LogP contribution in [0, 0.1) is 13.8 Å². The Labute approximate surface area is 72.3 Å². The van der Waals surface area contributed by atoms with Crippen molar-refractivity contribution in [3.8, 4) is 5.75 Å². The molecule has 1 heterocycles. The largest absolute Gasteiger partial charge is 0.491 e. The van der Waals surface area contributed by atoms with Gasteiger partial charge in [-0.15, -0.1) is 0 Å². The monoisotopic (exact) mass is 163 g/mol. The van der Waals surface area contributed by atoms with E-state index in [1.807, 2.05) is 0 Å². The molecule has 1 aliphatic rings. The molecule has 1 unspecified atom stereocenters. The molecular weight excluding hydrogens is 150 g/mol. The normalized spacial score (nSPS) is 20.4. The summed E-state index contributed by atoms with van der Waals surface area (Å²) in [6, 6.07) is 4.26. The average Bonchev–Trinajstić information content (AvgIpc) is 2.35. The van der Waals surface area contributed by atoms with Gasteiger partial charge in [-0.1, -0.05) is 6.07 Å². The van der Waals surface area contributed by atoms with Gasteiger partial charge in [0, 0.05) is 5.56 Å². The minimum absolute atomic E-state index is 0.0688. The fourth-order valence-electron chi connectivity index (χ4n) is 1.50. The van der Waals surface area contributed by atoms with Gasteiger partial charge in [-0.2, -0.15) is 0 Å². The Morgan fingerprint density at radius 1 is 1.33 bits per heavy atom. The molecular formula is C10H13NO. The Morgan fingerprint density at radius 3 is 2.75 bits per heavy atom. The molecule has 1 aromatic carbocycles. The molecule has 0 radical (unpaired) electrons. The highest BCUT2D eigenvalue weighted by Gasteiger charge is 2.20. The number of hydrogen-bond donors (Lipinski definition) is 1. The number of rotatable bonds is 0. The van der Waals surface area contributed by atoms with Crippen LogP contribution in [0.4, 0.5) is 0 Å². The third kappa shape index (κ3) is 0.994. The van der Waals surface area contributed by atoms with Crippen molar-refractivity contribution in [2.24, 2.45) is 5.73 Å². The molecule has 1 aliphatic heterocycles. The number of ether oxygens (including phenoxy) is 1. The molecule has 0 spiro atoms. The molecule has 1 aromatic rings. The zero-order chi connectivity index (χ0) is 8.72. The van der Waals surface area contributed by atoms with Crippen LogP contribution >= 0.6 is 0 Å². The minimum Gasteiger partial charge on any atom is -0.491 e. The van der Waals surface area contributed by atoms with Gasteiger partial charge in [0.25, 0.3) is 0 Å². The summed E-state index contributed by atoms with van der Waals surface area (Å²) < 4.78 is 5.42. The lowest BCUT2D eigenvalue weighted by atomic mass is 10.0. The summed E-state index contributed by atoms with van der Waals surface area (Å²) in [7, 11) is 0. The first-order valence-electron chi connectivity index (χ1n) is 4.18. The van der Waals surface area contributed by atoms with Crippen molar-refractivity contribution in [2.45, 2.75) is 19.9 Å². The number of aryl methyl sites for hydroxylation is 2. The maximum absolute atomic E-state index is 5.84. The zero-order valence-electron chi connectivity index (χ0n) is 7.42.